The van der Waals surface area contributed by atoms with E-state index in [0.29, 0.717) is 17.1 Å². The average molecular weight is 464 g/mol. The van der Waals surface area contributed by atoms with Gasteiger partial charge in [0.15, 0.2) is 4.96 Å². The highest BCUT2D eigenvalue weighted by atomic mass is 32.1. The monoisotopic (exact) mass is 463 g/mol. The Morgan fingerprint density at radius 1 is 1.03 bits per heavy atom. The van der Waals surface area contributed by atoms with Crippen LogP contribution in [0, 0.1) is 25.5 Å². The Morgan fingerprint density at radius 2 is 1.70 bits per heavy atom. The Labute approximate surface area is 192 Å². The molecule has 0 aliphatic rings. The van der Waals surface area contributed by atoms with E-state index in [-0.39, 0.29) is 24.0 Å². The number of amides is 1. The van der Waals surface area contributed by atoms with Crippen LogP contribution in [0.1, 0.15) is 17.0 Å². The molecule has 0 unspecified atom stereocenters. The zero-order valence-electron chi connectivity index (χ0n) is 17.8. The maximum Gasteiger partial charge on any atom is 0.230 e. The van der Waals surface area contributed by atoms with E-state index < -0.39 is 0 Å². The van der Waals surface area contributed by atoms with Crippen molar-refractivity contribution in [2.24, 2.45) is 0 Å². The smallest absolute Gasteiger partial charge is 0.230 e. The molecule has 5 aromatic rings. The van der Waals surface area contributed by atoms with Crippen LogP contribution in [0.25, 0.3) is 21.9 Å². The highest BCUT2D eigenvalue weighted by molar-refractivity contribution is 7.15. The topological polar surface area (TPSA) is 64.2 Å². The van der Waals surface area contributed by atoms with Gasteiger partial charge in [0, 0.05) is 28.4 Å². The molecule has 2 aromatic carbocycles. The van der Waals surface area contributed by atoms with Crippen LogP contribution >= 0.6 is 11.3 Å². The number of hydrogen-bond acceptors (Lipinski definition) is 4. The molecule has 0 bridgehead atoms. The van der Waals surface area contributed by atoms with Crippen LogP contribution in [-0.2, 0) is 11.2 Å². The summed E-state index contributed by atoms with van der Waals surface area (Å²) in [5.41, 5.74) is 4.33. The molecule has 0 aliphatic carbocycles. The van der Waals surface area contributed by atoms with Crippen molar-refractivity contribution >= 4 is 28.0 Å². The minimum Gasteiger partial charge on any atom is -0.310 e. The third-order valence-electron chi connectivity index (χ3n) is 5.49. The summed E-state index contributed by atoms with van der Waals surface area (Å²) < 4.78 is 30.2. The van der Waals surface area contributed by atoms with Gasteiger partial charge in [-0.2, -0.15) is 5.10 Å². The molecular weight excluding hydrogens is 444 g/mol. The van der Waals surface area contributed by atoms with Crippen LogP contribution in [0.5, 0.6) is 0 Å². The molecule has 0 spiro atoms. The maximum atomic E-state index is 13.4. The molecule has 6 nitrogen and oxygen atoms in total. The van der Waals surface area contributed by atoms with Crippen molar-refractivity contribution < 1.29 is 13.6 Å². The van der Waals surface area contributed by atoms with E-state index in [0.717, 1.165) is 27.6 Å². The number of fused-ring (bicyclic) bond motifs is 1. The van der Waals surface area contributed by atoms with Crippen LogP contribution < -0.4 is 5.32 Å². The van der Waals surface area contributed by atoms with Crippen molar-refractivity contribution in [3.05, 3.63) is 88.7 Å². The molecule has 0 saturated carbocycles. The zero-order valence-corrected chi connectivity index (χ0v) is 18.7. The first-order chi connectivity index (χ1) is 15.9. The predicted molar refractivity (Wildman–Crippen MR) is 124 cm³/mol. The zero-order chi connectivity index (χ0) is 23.1. The van der Waals surface area contributed by atoms with E-state index >= 15 is 0 Å². The lowest BCUT2D eigenvalue weighted by Gasteiger charge is -2.08. The summed E-state index contributed by atoms with van der Waals surface area (Å²) >= 11 is 1.44. The van der Waals surface area contributed by atoms with E-state index in [2.05, 4.69) is 15.4 Å². The minimum atomic E-state index is -0.338. The van der Waals surface area contributed by atoms with Crippen LogP contribution in [0.3, 0.4) is 0 Å². The lowest BCUT2D eigenvalue weighted by Crippen LogP contribution is -2.17. The first kappa shape index (κ1) is 21.0. The van der Waals surface area contributed by atoms with Gasteiger partial charge in [0.25, 0.3) is 0 Å². The van der Waals surface area contributed by atoms with Crippen molar-refractivity contribution in [2.75, 3.05) is 5.32 Å². The third-order valence-corrected chi connectivity index (χ3v) is 6.24. The summed E-state index contributed by atoms with van der Waals surface area (Å²) in [5, 5.41) is 9.40. The van der Waals surface area contributed by atoms with E-state index in [1.807, 2.05) is 29.8 Å². The fourth-order valence-electron chi connectivity index (χ4n) is 3.82. The number of aryl methyl sites for hydroxylation is 1. The summed E-state index contributed by atoms with van der Waals surface area (Å²) in [6.07, 6.45) is 1.94. The maximum absolute atomic E-state index is 13.4. The minimum absolute atomic E-state index is 0.110. The quantitative estimate of drug-likeness (QED) is 0.383. The Bertz CT molecular complexity index is 1470. The molecule has 0 radical (unpaired) electrons. The summed E-state index contributed by atoms with van der Waals surface area (Å²) in [6.45, 7) is 3.72. The second kappa shape index (κ2) is 8.25. The molecule has 166 valence electrons. The summed E-state index contributed by atoms with van der Waals surface area (Å²) in [5.74, 6) is -0.354. The van der Waals surface area contributed by atoms with E-state index in [9.17, 15) is 13.6 Å². The van der Waals surface area contributed by atoms with Gasteiger partial charge in [-0.3, -0.25) is 9.20 Å². The standard InChI is InChI=1S/C24H19F2N5OS/c1-14-20(15(2)31(29-14)19-9-7-18(26)8-10-19)13-21(32)27-23-22(16-3-5-17(25)6-4-16)28-24-30(23)11-12-33-24/h3-12H,13H2,1-2H3,(H,27,32). The number of thiazole rings is 1. The first-order valence-corrected chi connectivity index (χ1v) is 11.1. The molecule has 5 rings (SSSR count). The molecule has 3 aromatic heterocycles. The molecule has 1 N–H and O–H groups in total. The molecule has 0 fully saturated rings. The number of aromatic nitrogens is 4. The Morgan fingerprint density at radius 3 is 2.39 bits per heavy atom. The highest BCUT2D eigenvalue weighted by Crippen LogP contribution is 2.31. The van der Waals surface area contributed by atoms with Gasteiger partial charge in [0.2, 0.25) is 5.91 Å². The number of carbonyl (C=O) groups is 1. The molecule has 9 heteroatoms. The number of rotatable bonds is 5. The number of imidazole rings is 1. The predicted octanol–water partition coefficient (Wildman–Crippen LogP) is 5.32. The third kappa shape index (κ3) is 3.91. The normalized spacial score (nSPS) is 11.3. The number of hydrogen-bond donors (Lipinski definition) is 1. The van der Waals surface area contributed by atoms with Gasteiger partial charge in [-0.15, -0.1) is 11.3 Å². The van der Waals surface area contributed by atoms with Gasteiger partial charge in [0.1, 0.15) is 23.1 Å². The second-order valence-corrected chi connectivity index (χ2v) is 8.51. The number of halogens is 2. The van der Waals surface area contributed by atoms with Crippen LogP contribution in [0.15, 0.2) is 60.1 Å². The highest BCUT2D eigenvalue weighted by Gasteiger charge is 2.20. The molecule has 0 aliphatic heterocycles. The largest absolute Gasteiger partial charge is 0.310 e. The van der Waals surface area contributed by atoms with Gasteiger partial charge in [-0.05, 0) is 62.4 Å². The Balaban J connectivity index is 1.44. The number of nitrogens with one attached hydrogen (secondary N) is 1. The van der Waals surface area contributed by atoms with Gasteiger partial charge in [0.05, 0.1) is 17.8 Å². The molecule has 0 saturated heterocycles. The van der Waals surface area contributed by atoms with Crippen LogP contribution in [0.2, 0.25) is 0 Å². The van der Waals surface area contributed by atoms with Crippen molar-refractivity contribution in [1.82, 2.24) is 19.2 Å². The Kier molecular flexibility index (Phi) is 5.26. The lowest BCUT2D eigenvalue weighted by molar-refractivity contribution is -0.115. The Hall–Kier alpha value is -3.85. The fourth-order valence-corrected chi connectivity index (χ4v) is 4.53. The van der Waals surface area contributed by atoms with Crippen LogP contribution in [0.4, 0.5) is 14.6 Å². The SMILES string of the molecule is Cc1nn(-c2ccc(F)cc2)c(C)c1CC(=O)Nc1c(-c2ccc(F)cc2)nc2sccn12. The number of carbonyl (C=O) groups excluding carboxylic acids is 1. The molecule has 3 heterocycles. The van der Waals surface area contributed by atoms with E-state index in [4.69, 9.17) is 0 Å². The fraction of sp³-hybridized carbons (Fsp3) is 0.125. The van der Waals surface area contributed by atoms with Crippen molar-refractivity contribution in [3.8, 4) is 16.9 Å². The van der Waals surface area contributed by atoms with E-state index in [1.54, 1.807) is 28.9 Å². The number of nitrogens with zero attached hydrogens (tertiary/aromatic N) is 4. The molecule has 1 amide bonds. The second-order valence-electron chi connectivity index (χ2n) is 7.63. The van der Waals surface area contributed by atoms with Gasteiger partial charge in [-0.1, -0.05) is 0 Å². The van der Waals surface area contributed by atoms with Crippen molar-refractivity contribution in [1.29, 1.82) is 0 Å². The number of benzene rings is 2. The summed E-state index contributed by atoms with van der Waals surface area (Å²) in [4.78, 5) is 18.4. The van der Waals surface area contributed by atoms with Gasteiger partial charge >= 0.3 is 0 Å². The first-order valence-electron chi connectivity index (χ1n) is 10.2. The summed E-state index contributed by atoms with van der Waals surface area (Å²) in [7, 11) is 0. The van der Waals surface area contributed by atoms with Crippen LogP contribution in [-0.4, -0.2) is 25.1 Å². The molecule has 33 heavy (non-hydrogen) atoms. The van der Waals surface area contributed by atoms with Gasteiger partial charge in [-0.25, -0.2) is 18.4 Å². The van der Waals surface area contributed by atoms with E-state index in [1.165, 1.54) is 35.6 Å². The number of anilines is 1. The van der Waals surface area contributed by atoms with Crippen molar-refractivity contribution in [3.63, 3.8) is 0 Å². The lowest BCUT2D eigenvalue weighted by atomic mass is 10.1. The van der Waals surface area contributed by atoms with Crippen molar-refractivity contribution in [2.45, 2.75) is 20.3 Å². The molecular formula is C24H19F2N5OS. The average Bonchev–Trinajstić information content (AvgIpc) is 3.46. The molecule has 0 atom stereocenters. The summed E-state index contributed by atoms with van der Waals surface area (Å²) in [6, 6.07) is 12.1. The van der Waals surface area contributed by atoms with Gasteiger partial charge < -0.3 is 5.32 Å².